The third-order valence-electron chi connectivity index (χ3n) is 4.39. The van der Waals surface area contributed by atoms with E-state index in [9.17, 15) is 12.8 Å². The zero-order valence-corrected chi connectivity index (χ0v) is 12.8. The van der Waals surface area contributed by atoms with Gasteiger partial charge in [-0.05, 0) is 42.4 Å². The monoisotopic (exact) mass is 308 g/mol. The molecule has 1 saturated carbocycles. The molecular weight excluding hydrogens is 291 g/mol. The highest BCUT2D eigenvalue weighted by molar-refractivity contribution is 7.89. The number of nitriles is 1. The molecule has 1 heterocycles. The van der Waals surface area contributed by atoms with Crippen LogP contribution < -0.4 is 0 Å². The topological polar surface area (TPSA) is 61.2 Å². The third kappa shape index (κ3) is 2.25. The molecule has 1 unspecified atom stereocenters. The molecule has 2 aliphatic rings. The number of halogens is 1. The van der Waals surface area contributed by atoms with Crippen LogP contribution in [0.1, 0.15) is 32.3 Å². The summed E-state index contributed by atoms with van der Waals surface area (Å²) in [5.74, 6) is -0.192. The van der Waals surface area contributed by atoms with E-state index < -0.39 is 15.8 Å². The molecule has 1 aliphatic carbocycles. The van der Waals surface area contributed by atoms with E-state index in [1.54, 1.807) is 6.07 Å². The number of nitrogens with zero attached hydrogens (tertiary/aromatic N) is 2. The average Bonchev–Trinajstić information content (AvgIpc) is 3.20. The van der Waals surface area contributed by atoms with Crippen LogP contribution in [0, 0.1) is 28.5 Å². The summed E-state index contributed by atoms with van der Waals surface area (Å²) in [6, 6.07) is 5.02. The Morgan fingerprint density at radius 3 is 2.57 bits per heavy atom. The molecule has 2 fully saturated rings. The van der Waals surface area contributed by atoms with E-state index in [1.165, 1.54) is 10.4 Å². The molecule has 1 atom stereocenters. The van der Waals surface area contributed by atoms with E-state index in [2.05, 4.69) is 13.8 Å². The fourth-order valence-corrected chi connectivity index (χ4v) is 5.47. The molecule has 0 amide bonds. The van der Waals surface area contributed by atoms with E-state index >= 15 is 0 Å². The second kappa shape index (κ2) is 4.52. The lowest BCUT2D eigenvalue weighted by Gasteiger charge is -2.53. The van der Waals surface area contributed by atoms with Crippen molar-refractivity contribution < 1.29 is 12.8 Å². The molecule has 0 N–H and O–H groups in total. The summed E-state index contributed by atoms with van der Waals surface area (Å²) in [6.07, 6.45) is 2.10. The third-order valence-corrected chi connectivity index (χ3v) is 6.28. The number of benzene rings is 1. The van der Waals surface area contributed by atoms with Gasteiger partial charge in [0.15, 0.2) is 0 Å². The van der Waals surface area contributed by atoms with E-state index in [4.69, 9.17) is 5.26 Å². The molecule has 0 aromatic heterocycles. The molecule has 21 heavy (non-hydrogen) atoms. The van der Waals surface area contributed by atoms with Gasteiger partial charge in [-0.25, -0.2) is 12.8 Å². The molecule has 1 aromatic carbocycles. The van der Waals surface area contributed by atoms with Gasteiger partial charge in [0.2, 0.25) is 10.0 Å². The lowest BCUT2D eigenvalue weighted by atomic mass is 9.75. The Bertz CT molecular complexity index is 733. The lowest BCUT2D eigenvalue weighted by Crippen LogP contribution is -2.64. The first kappa shape index (κ1) is 14.5. The molecule has 0 radical (unpaired) electrons. The van der Waals surface area contributed by atoms with Gasteiger partial charge in [-0.15, -0.1) is 0 Å². The highest BCUT2D eigenvalue weighted by atomic mass is 32.2. The summed E-state index contributed by atoms with van der Waals surface area (Å²) in [7, 11) is -3.74. The molecule has 3 rings (SSSR count). The minimum absolute atomic E-state index is 0.0147. The van der Waals surface area contributed by atoms with E-state index in [1.807, 2.05) is 0 Å². The maximum atomic E-state index is 13.2. The van der Waals surface area contributed by atoms with Gasteiger partial charge in [0.1, 0.15) is 16.8 Å². The van der Waals surface area contributed by atoms with Crippen molar-refractivity contribution in [1.29, 1.82) is 5.26 Å². The Kier molecular flexibility index (Phi) is 3.12. The van der Waals surface area contributed by atoms with Crippen molar-refractivity contribution in [2.24, 2.45) is 11.3 Å². The van der Waals surface area contributed by atoms with Gasteiger partial charge in [0.05, 0.1) is 5.56 Å². The van der Waals surface area contributed by atoms with Gasteiger partial charge in [0, 0.05) is 12.6 Å². The quantitative estimate of drug-likeness (QED) is 0.862. The van der Waals surface area contributed by atoms with Crippen molar-refractivity contribution in [3.05, 3.63) is 29.6 Å². The van der Waals surface area contributed by atoms with Gasteiger partial charge in [0.25, 0.3) is 0 Å². The van der Waals surface area contributed by atoms with Gasteiger partial charge in [-0.2, -0.15) is 9.57 Å². The maximum Gasteiger partial charge on any atom is 0.244 e. The number of hydrogen-bond donors (Lipinski definition) is 0. The average molecular weight is 308 g/mol. The fraction of sp³-hybridized carbons (Fsp3) is 0.533. The first-order valence-electron chi connectivity index (χ1n) is 6.99. The maximum absolute atomic E-state index is 13.2. The van der Waals surface area contributed by atoms with Crippen LogP contribution >= 0.6 is 0 Å². The molecule has 4 nitrogen and oxygen atoms in total. The summed E-state index contributed by atoms with van der Waals surface area (Å²) in [5, 5.41) is 9.07. The summed E-state index contributed by atoms with van der Waals surface area (Å²) in [5.41, 5.74) is -0.171. The minimum atomic E-state index is -3.74. The predicted molar refractivity (Wildman–Crippen MR) is 75.3 cm³/mol. The van der Waals surface area contributed by atoms with Crippen LogP contribution in [0.25, 0.3) is 0 Å². The largest absolute Gasteiger partial charge is 0.244 e. The van der Waals surface area contributed by atoms with Crippen molar-refractivity contribution in [2.45, 2.75) is 37.6 Å². The summed E-state index contributed by atoms with van der Waals surface area (Å²) in [6.45, 7) is 4.58. The van der Waals surface area contributed by atoms with E-state index in [0.717, 1.165) is 25.0 Å². The first-order valence-corrected chi connectivity index (χ1v) is 8.43. The minimum Gasteiger partial charge on any atom is -0.207 e. The highest BCUT2D eigenvalue weighted by Crippen LogP contribution is 2.52. The molecular formula is C15H17FN2O2S. The van der Waals surface area contributed by atoms with Gasteiger partial charge in [-0.1, -0.05) is 13.8 Å². The van der Waals surface area contributed by atoms with E-state index in [-0.39, 0.29) is 21.9 Å². The van der Waals surface area contributed by atoms with Crippen LogP contribution in [-0.2, 0) is 10.0 Å². The standard InChI is InChI=1S/C15H17FN2O2S/c1-15(2)9-18(14(15)10-3-4-10)21(19,20)13-6-5-12(16)7-11(13)8-17/h5-7,10,14H,3-4,9H2,1-2H3. The van der Waals surface area contributed by atoms with Crippen LogP contribution in [0.3, 0.4) is 0 Å². The fourth-order valence-electron chi connectivity index (χ4n) is 3.33. The van der Waals surface area contributed by atoms with Crippen molar-refractivity contribution in [1.82, 2.24) is 4.31 Å². The Balaban J connectivity index is 2.01. The Labute approximate surface area is 124 Å². The van der Waals surface area contributed by atoms with Crippen molar-refractivity contribution in [3.63, 3.8) is 0 Å². The van der Waals surface area contributed by atoms with Gasteiger partial charge < -0.3 is 0 Å². The molecule has 1 aliphatic heterocycles. The van der Waals surface area contributed by atoms with Gasteiger partial charge in [-0.3, -0.25) is 0 Å². The second-order valence-electron chi connectivity index (χ2n) is 6.57. The van der Waals surface area contributed by atoms with Crippen molar-refractivity contribution >= 4 is 10.0 Å². The molecule has 1 aromatic rings. The zero-order valence-electron chi connectivity index (χ0n) is 12.0. The van der Waals surface area contributed by atoms with Crippen LogP contribution in [0.5, 0.6) is 0 Å². The summed E-state index contributed by atoms with van der Waals surface area (Å²) in [4.78, 5) is -0.0902. The van der Waals surface area contributed by atoms with Crippen molar-refractivity contribution in [3.8, 4) is 6.07 Å². The summed E-state index contributed by atoms with van der Waals surface area (Å²) >= 11 is 0. The Hall–Kier alpha value is -1.45. The highest BCUT2D eigenvalue weighted by Gasteiger charge is 2.57. The number of hydrogen-bond acceptors (Lipinski definition) is 3. The Morgan fingerprint density at radius 2 is 2.05 bits per heavy atom. The smallest absolute Gasteiger partial charge is 0.207 e. The molecule has 1 saturated heterocycles. The number of sulfonamides is 1. The van der Waals surface area contributed by atoms with Crippen LogP contribution in [0.15, 0.2) is 23.1 Å². The lowest BCUT2D eigenvalue weighted by molar-refractivity contribution is 0.00610. The van der Waals surface area contributed by atoms with Gasteiger partial charge >= 0.3 is 0 Å². The van der Waals surface area contributed by atoms with Crippen LogP contribution in [-0.4, -0.2) is 25.3 Å². The molecule has 6 heteroatoms. The molecule has 0 bridgehead atoms. The normalized spacial score (nSPS) is 25.1. The molecule has 0 spiro atoms. The zero-order chi connectivity index (χ0) is 15.4. The number of rotatable bonds is 3. The van der Waals surface area contributed by atoms with Crippen LogP contribution in [0.2, 0.25) is 0 Å². The first-order chi connectivity index (χ1) is 9.77. The summed E-state index contributed by atoms with van der Waals surface area (Å²) < 4.78 is 40.3. The predicted octanol–water partition coefficient (Wildman–Crippen LogP) is 2.51. The van der Waals surface area contributed by atoms with Crippen molar-refractivity contribution in [2.75, 3.05) is 6.54 Å². The Morgan fingerprint density at radius 1 is 1.38 bits per heavy atom. The SMILES string of the molecule is CC1(C)CN(S(=O)(=O)c2ccc(F)cc2C#N)C1C1CC1. The second-order valence-corrected chi connectivity index (χ2v) is 8.43. The van der Waals surface area contributed by atoms with E-state index in [0.29, 0.717) is 12.5 Å². The molecule has 112 valence electrons. The van der Waals surface area contributed by atoms with Crippen LogP contribution in [0.4, 0.5) is 4.39 Å².